The number of rotatable bonds is 3. The van der Waals surface area contributed by atoms with Gasteiger partial charge in [0.15, 0.2) is 5.65 Å². The Labute approximate surface area is 89.6 Å². The zero-order valence-corrected chi connectivity index (χ0v) is 9.44. The van der Waals surface area contributed by atoms with Crippen LogP contribution in [0.3, 0.4) is 0 Å². The van der Waals surface area contributed by atoms with Gasteiger partial charge in [-0.15, -0.1) is 0 Å². The number of fused-ring (bicyclic) bond motifs is 1. The normalized spacial score (nSPS) is 11.5. The summed E-state index contributed by atoms with van der Waals surface area (Å²) < 4.78 is 2.16. The second-order valence-electron chi connectivity index (χ2n) is 3.86. The Bertz CT molecular complexity index is 459. The van der Waals surface area contributed by atoms with Gasteiger partial charge in [-0.05, 0) is 33.2 Å². The maximum absolute atomic E-state index is 4.58. The molecule has 0 atom stereocenters. The Morgan fingerprint density at radius 1 is 1.40 bits per heavy atom. The van der Waals surface area contributed by atoms with Crippen molar-refractivity contribution in [1.82, 2.24) is 19.4 Å². The summed E-state index contributed by atoms with van der Waals surface area (Å²) in [7, 11) is 4.10. The van der Waals surface area contributed by atoms with Gasteiger partial charge < -0.3 is 9.47 Å². The molecule has 2 aromatic heterocycles. The highest BCUT2D eigenvalue weighted by molar-refractivity contribution is 5.71. The third-order valence-corrected chi connectivity index (χ3v) is 2.36. The zero-order valence-electron chi connectivity index (χ0n) is 9.44. The monoisotopic (exact) mass is 204 g/mol. The maximum Gasteiger partial charge on any atom is 0.160 e. The molecule has 15 heavy (non-hydrogen) atoms. The molecule has 4 heteroatoms. The highest BCUT2D eigenvalue weighted by atomic mass is 15.2. The number of pyridine rings is 1. The minimum atomic E-state index is 0.851. The Morgan fingerprint density at radius 2 is 2.20 bits per heavy atom. The molecule has 2 heterocycles. The molecule has 0 N–H and O–H groups in total. The fourth-order valence-electron chi connectivity index (χ4n) is 1.74. The summed E-state index contributed by atoms with van der Waals surface area (Å²) in [5, 5.41) is 0. The van der Waals surface area contributed by atoms with Crippen molar-refractivity contribution in [2.75, 3.05) is 14.1 Å². The summed E-state index contributed by atoms with van der Waals surface area (Å²) in [5.74, 6) is 1.08. The highest BCUT2D eigenvalue weighted by Gasteiger charge is 2.09. The zero-order chi connectivity index (χ0) is 10.8. The van der Waals surface area contributed by atoms with Crippen LogP contribution in [0.4, 0.5) is 0 Å². The van der Waals surface area contributed by atoms with Crippen molar-refractivity contribution in [3.63, 3.8) is 0 Å². The van der Waals surface area contributed by atoms with E-state index in [2.05, 4.69) is 26.4 Å². The summed E-state index contributed by atoms with van der Waals surface area (Å²) >= 11 is 0. The number of hydrogen-bond acceptors (Lipinski definition) is 3. The summed E-state index contributed by atoms with van der Waals surface area (Å²) in [6.45, 7) is 3.88. The molecular weight excluding hydrogens is 188 g/mol. The third-order valence-electron chi connectivity index (χ3n) is 2.36. The molecule has 0 saturated heterocycles. The second kappa shape index (κ2) is 3.98. The molecule has 0 aromatic carbocycles. The van der Waals surface area contributed by atoms with Gasteiger partial charge in [0.05, 0.1) is 6.54 Å². The van der Waals surface area contributed by atoms with E-state index in [1.165, 1.54) is 0 Å². The van der Waals surface area contributed by atoms with Gasteiger partial charge in [-0.2, -0.15) is 0 Å². The van der Waals surface area contributed by atoms with Crippen molar-refractivity contribution >= 4 is 11.2 Å². The van der Waals surface area contributed by atoms with Crippen LogP contribution in [0.25, 0.3) is 11.2 Å². The van der Waals surface area contributed by atoms with Gasteiger partial charge in [0.25, 0.3) is 0 Å². The lowest BCUT2D eigenvalue weighted by Crippen LogP contribution is -2.15. The van der Waals surface area contributed by atoms with Crippen LogP contribution in [-0.2, 0) is 13.1 Å². The Hall–Kier alpha value is -1.42. The number of aryl methyl sites for hydroxylation is 1. The molecule has 2 aromatic rings. The number of imidazole rings is 1. The fraction of sp³-hybridized carbons (Fsp3) is 0.455. The second-order valence-corrected chi connectivity index (χ2v) is 3.86. The predicted molar refractivity (Wildman–Crippen MR) is 60.6 cm³/mol. The first-order valence-electron chi connectivity index (χ1n) is 5.17. The largest absolute Gasteiger partial charge is 0.312 e. The van der Waals surface area contributed by atoms with Gasteiger partial charge in [0, 0.05) is 12.7 Å². The van der Waals surface area contributed by atoms with Crippen LogP contribution < -0.4 is 0 Å². The third kappa shape index (κ3) is 1.85. The van der Waals surface area contributed by atoms with Gasteiger partial charge in [-0.25, -0.2) is 9.97 Å². The van der Waals surface area contributed by atoms with Gasteiger partial charge in [0.2, 0.25) is 0 Å². The standard InChI is InChI=1S/C11H16N4/c1-4-15-10(8-14(2)3)13-9-6-5-7-12-11(9)15/h5-7H,4,8H2,1-3H3. The van der Waals surface area contributed by atoms with E-state index in [0.717, 1.165) is 30.1 Å². The van der Waals surface area contributed by atoms with E-state index in [-0.39, 0.29) is 0 Å². The van der Waals surface area contributed by atoms with Crippen molar-refractivity contribution in [2.24, 2.45) is 0 Å². The molecule has 0 saturated carbocycles. The van der Waals surface area contributed by atoms with Gasteiger partial charge in [0.1, 0.15) is 11.3 Å². The van der Waals surface area contributed by atoms with Crippen molar-refractivity contribution in [3.05, 3.63) is 24.2 Å². The first-order chi connectivity index (χ1) is 7.22. The van der Waals surface area contributed by atoms with E-state index >= 15 is 0 Å². The minimum absolute atomic E-state index is 0.851. The lowest BCUT2D eigenvalue weighted by molar-refractivity contribution is 0.383. The first kappa shape index (κ1) is 10.1. The highest BCUT2D eigenvalue weighted by Crippen LogP contribution is 2.13. The number of hydrogen-bond donors (Lipinski definition) is 0. The molecule has 0 radical (unpaired) electrons. The molecule has 2 rings (SSSR count). The molecule has 0 amide bonds. The van der Waals surface area contributed by atoms with Gasteiger partial charge in [-0.3, -0.25) is 0 Å². The molecule has 0 unspecified atom stereocenters. The summed E-state index contributed by atoms with van der Waals surface area (Å²) in [5.41, 5.74) is 1.97. The van der Waals surface area contributed by atoms with Crippen molar-refractivity contribution in [1.29, 1.82) is 0 Å². The summed E-state index contributed by atoms with van der Waals surface area (Å²) in [4.78, 5) is 11.1. The average Bonchev–Trinajstić information content (AvgIpc) is 2.53. The molecule has 0 aliphatic rings. The first-order valence-corrected chi connectivity index (χ1v) is 5.17. The van der Waals surface area contributed by atoms with Gasteiger partial charge in [-0.1, -0.05) is 0 Å². The summed E-state index contributed by atoms with van der Waals surface area (Å²) in [6, 6.07) is 3.93. The molecule has 0 spiro atoms. The Morgan fingerprint density at radius 3 is 2.87 bits per heavy atom. The SMILES string of the molecule is CCn1c(CN(C)C)nc2cccnc21. The molecule has 0 bridgehead atoms. The van der Waals surface area contributed by atoms with E-state index in [1.54, 1.807) is 0 Å². The van der Waals surface area contributed by atoms with E-state index in [1.807, 2.05) is 32.4 Å². The number of aromatic nitrogens is 3. The Balaban J connectivity index is 2.54. The van der Waals surface area contributed by atoms with Crippen LogP contribution in [-0.4, -0.2) is 33.5 Å². The van der Waals surface area contributed by atoms with Crippen LogP contribution in [0.2, 0.25) is 0 Å². The average molecular weight is 204 g/mol. The predicted octanol–water partition coefficient (Wildman–Crippen LogP) is 1.51. The smallest absolute Gasteiger partial charge is 0.160 e. The van der Waals surface area contributed by atoms with E-state index in [9.17, 15) is 0 Å². The quantitative estimate of drug-likeness (QED) is 0.760. The molecule has 80 valence electrons. The lowest BCUT2D eigenvalue weighted by Gasteiger charge is -2.10. The van der Waals surface area contributed by atoms with Crippen LogP contribution in [0, 0.1) is 0 Å². The Kier molecular flexibility index (Phi) is 2.68. The molecule has 4 nitrogen and oxygen atoms in total. The minimum Gasteiger partial charge on any atom is -0.312 e. The maximum atomic E-state index is 4.58. The lowest BCUT2D eigenvalue weighted by atomic mass is 10.4. The van der Waals surface area contributed by atoms with Crippen LogP contribution >= 0.6 is 0 Å². The number of nitrogens with zero attached hydrogens (tertiary/aromatic N) is 4. The molecular formula is C11H16N4. The topological polar surface area (TPSA) is 34.0 Å². The fourth-order valence-corrected chi connectivity index (χ4v) is 1.74. The van der Waals surface area contributed by atoms with Crippen molar-refractivity contribution < 1.29 is 0 Å². The summed E-state index contributed by atoms with van der Waals surface area (Å²) in [6.07, 6.45) is 1.82. The van der Waals surface area contributed by atoms with Crippen LogP contribution in [0.15, 0.2) is 18.3 Å². The van der Waals surface area contributed by atoms with E-state index < -0.39 is 0 Å². The van der Waals surface area contributed by atoms with E-state index in [4.69, 9.17) is 0 Å². The van der Waals surface area contributed by atoms with E-state index in [0.29, 0.717) is 0 Å². The van der Waals surface area contributed by atoms with Crippen LogP contribution in [0.5, 0.6) is 0 Å². The van der Waals surface area contributed by atoms with Crippen LogP contribution in [0.1, 0.15) is 12.7 Å². The van der Waals surface area contributed by atoms with Gasteiger partial charge >= 0.3 is 0 Å². The molecule has 0 aliphatic heterocycles. The van der Waals surface area contributed by atoms with Crippen molar-refractivity contribution in [3.8, 4) is 0 Å². The van der Waals surface area contributed by atoms with Crippen molar-refractivity contribution in [2.45, 2.75) is 20.0 Å². The molecule has 0 fully saturated rings. The molecule has 0 aliphatic carbocycles.